The number of sulfone groups is 1. The number of rotatable bonds is 7. The number of benzene rings is 2. The van der Waals surface area contributed by atoms with E-state index in [0.29, 0.717) is 11.4 Å². The van der Waals surface area contributed by atoms with Crippen molar-refractivity contribution < 1.29 is 17.9 Å². The molecule has 5 nitrogen and oxygen atoms in total. The average molecular weight is 359 g/mol. The maximum absolute atomic E-state index is 12.4. The zero-order valence-electron chi connectivity index (χ0n) is 14.2. The number of nitrogens with one attached hydrogen (secondary N) is 1. The minimum absolute atomic E-state index is 0.206. The monoisotopic (exact) mass is 359 g/mol. The molecule has 2 aromatic rings. The van der Waals surface area contributed by atoms with E-state index in [1.165, 1.54) is 14.0 Å². The highest BCUT2D eigenvalue weighted by atomic mass is 32.2. The van der Waals surface area contributed by atoms with E-state index in [4.69, 9.17) is 4.74 Å². The molecule has 2 aromatic carbocycles. The highest BCUT2D eigenvalue weighted by Gasteiger charge is 2.27. The summed E-state index contributed by atoms with van der Waals surface area (Å²) in [5, 5.41) is 1.44. The first-order valence-electron chi connectivity index (χ1n) is 7.81. The Bertz CT molecular complexity index is 845. The van der Waals surface area contributed by atoms with Crippen molar-refractivity contribution in [2.75, 3.05) is 18.2 Å². The molecule has 1 amide bonds. The molecule has 25 heavy (non-hydrogen) atoms. The number of hydrogen-bond acceptors (Lipinski definition) is 4. The first-order chi connectivity index (χ1) is 11.9. The van der Waals surface area contributed by atoms with Crippen molar-refractivity contribution in [2.45, 2.75) is 12.2 Å². The summed E-state index contributed by atoms with van der Waals surface area (Å²) in [5.74, 6) is -0.315. The lowest BCUT2D eigenvalue weighted by Gasteiger charge is -2.14. The Hall–Kier alpha value is -2.60. The van der Waals surface area contributed by atoms with Gasteiger partial charge in [0.05, 0.1) is 18.6 Å². The summed E-state index contributed by atoms with van der Waals surface area (Å²) in [4.78, 5) is 12.3. The minimum atomic E-state index is -3.61. The van der Waals surface area contributed by atoms with Gasteiger partial charge in [-0.3, -0.25) is 4.79 Å². The zero-order chi connectivity index (χ0) is 18.3. The number of ether oxygens (including phenoxy) is 1. The molecule has 0 radical (unpaired) electrons. The smallest absolute Gasteiger partial charge is 0.242 e. The van der Waals surface area contributed by atoms with Gasteiger partial charge in [-0.05, 0) is 24.6 Å². The maximum atomic E-state index is 12.4. The van der Waals surface area contributed by atoms with Crippen LogP contribution in [0.25, 0.3) is 6.08 Å². The first kappa shape index (κ1) is 18.7. The van der Waals surface area contributed by atoms with Gasteiger partial charge in [0.1, 0.15) is 11.0 Å². The van der Waals surface area contributed by atoms with Crippen LogP contribution in [0.15, 0.2) is 60.7 Å². The summed E-state index contributed by atoms with van der Waals surface area (Å²) in [6.45, 7) is 1.39. The lowest BCUT2D eigenvalue weighted by molar-refractivity contribution is -0.115. The molecule has 0 heterocycles. The molecule has 0 saturated carbocycles. The zero-order valence-corrected chi connectivity index (χ0v) is 15.0. The maximum Gasteiger partial charge on any atom is 0.242 e. The molecular weight excluding hydrogens is 338 g/mol. The van der Waals surface area contributed by atoms with Crippen LogP contribution in [0.3, 0.4) is 0 Å². The Morgan fingerprint density at radius 1 is 1.12 bits per heavy atom. The fourth-order valence-corrected chi connectivity index (χ4v) is 3.21. The van der Waals surface area contributed by atoms with E-state index in [1.807, 2.05) is 30.3 Å². The van der Waals surface area contributed by atoms with E-state index < -0.39 is 21.0 Å². The number of carbonyl (C=O) groups excluding carboxylic acids is 1. The topological polar surface area (TPSA) is 72.5 Å². The van der Waals surface area contributed by atoms with E-state index in [-0.39, 0.29) is 5.75 Å². The van der Waals surface area contributed by atoms with Crippen LogP contribution in [0.1, 0.15) is 12.5 Å². The molecule has 0 saturated heterocycles. The van der Waals surface area contributed by atoms with Gasteiger partial charge in [-0.1, -0.05) is 54.6 Å². The van der Waals surface area contributed by atoms with Crippen LogP contribution in [0, 0.1) is 0 Å². The SMILES string of the molecule is COc1ccccc1NC(=O)[C@@H](C)S(=O)(=O)C/C=C/c1ccccc1. The third-order valence-corrected chi connectivity index (χ3v) is 5.66. The van der Waals surface area contributed by atoms with Crippen molar-refractivity contribution in [3.05, 3.63) is 66.2 Å². The van der Waals surface area contributed by atoms with E-state index >= 15 is 0 Å². The molecule has 132 valence electrons. The summed E-state index contributed by atoms with van der Waals surface area (Å²) in [6, 6.07) is 16.2. The van der Waals surface area contributed by atoms with Gasteiger partial charge in [0.25, 0.3) is 0 Å². The molecule has 0 aliphatic heterocycles. The quantitative estimate of drug-likeness (QED) is 0.824. The van der Waals surface area contributed by atoms with Crippen molar-refractivity contribution in [3.8, 4) is 5.75 Å². The van der Waals surface area contributed by atoms with Gasteiger partial charge in [-0.15, -0.1) is 0 Å². The van der Waals surface area contributed by atoms with Crippen LogP contribution in [0.4, 0.5) is 5.69 Å². The molecule has 1 N–H and O–H groups in total. The van der Waals surface area contributed by atoms with Crippen LogP contribution >= 0.6 is 0 Å². The van der Waals surface area contributed by atoms with E-state index in [9.17, 15) is 13.2 Å². The number of methoxy groups -OCH3 is 1. The number of hydrogen-bond donors (Lipinski definition) is 1. The Labute approximate surface area is 148 Å². The van der Waals surface area contributed by atoms with Crippen LogP contribution in [-0.4, -0.2) is 32.4 Å². The summed E-state index contributed by atoms with van der Waals surface area (Å²) in [7, 11) is -2.12. The van der Waals surface area contributed by atoms with Gasteiger partial charge in [-0.25, -0.2) is 8.42 Å². The standard InChI is InChI=1S/C19H21NO4S/c1-15(19(21)20-17-12-6-7-13-18(17)24-2)25(22,23)14-8-11-16-9-4-3-5-10-16/h3-13,15H,14H2,1-2H3,(H,20,21)/b11-8+/t15-/m1/s1. The Morgan fingerprint density at radius 3 is 2.44 bits per heavy atom. The molecule has 1 atom stereocenters. The van der Waals surface area contributed by atoms with Crippen molar-refractivity contribution in [3.63, 3.8) is 0 Å². The van der Waals surface area contributed by atoms with Crippen LogP contribution in [0.5, 0.6) is 5.75 Å². The lowest BCUT2D eigenvalue weighted by Crippen LogP contribution is -2.33. The van der Waals surface area contributed by atoms with E-state index in [0.717, 1.165) is 5.56 Å². The Balaban J connectivity index is 2.03. The van der Waals surface area contributed by atoms with E-state index in [1.54, 1.807) is 36.4 Å². The Morgan fingerprint density at radius 2 is 1.76 bits per heavy atom. The highest BCUT2D eigenvalue weighted by molar-refractivity contribution is 7.92. The fraction of sp³-hybridized carbons (Fsp3) is 0.211. The minimum Gasteiger partial charge on any atom is -0.495 e. The number of anilines is 1. The van der Waals surface area contributed by atoms with Crippen LogP contribution in [-0.2, 0) is 14.6 Å². The molecule has 0 aliphatic rings. The first-order valence-corrected chi connectivity index (χ1v) is 9.52. The van der Waals surface area contributed by atoms with Gasteiger partial charge in [-0.2, -0.15) is 0 Å². The number of para-hydroxylation sites is 2. The second kappa shape index (κ2) is 8.48. The summed E-state index contributed by atoms with van der Waals surface area (Å²) in [5.41, 5.74) is 1.35. The predicted molar refractivity (Wildman–Crippen MR) is 100 cm³/mol. The summed E-state index contributed by atoms with van der Waals surface area (Å²) < 4.78 is 29.9. The van der Waals surface area contributed by atoms with Crippen molar-refractivity contribution in [1.82, 2.24) is 0 Å². The van der Waals surface area contributed by atoms with Gasteiger partial charge >= 0.3 is 0 Å². The number of carbonyl (C=O) groups is 1. The molecule has 6 heteroatoms. The fourth-order valence-electron chi connectivity index (χ4n) is 2.17. The molecule has 2 rings (SSSR count). The third-order valence-electron chi connectivity index (χ3n) is 3.71. The Kier molecular flexibility index (Phi) is 6.36. The van der Waals surface area contributed by atoms with Gasteiger partial charge in [0.15, 0.2) is 9.84 Å². The molecule has 0 aliphatic carbocycles. The predicted octanol–water partition coefficient (Wildman–Crippen LogP) is 3.15. The van der Waals surface area contributed by atoms with Gasteiger partial charge in [0.2, 0.25) is 5.91 Å². The summed E-state index contributed by atoms with van der Waals surface area (Å²) >= 11 is 0. The molecular formula is C19H21NO4S. The van der Waals surface area contributed by atoms with Crippen molar-refractivity contribution >= 4 is 27.5 Å². The molecule has 0 bridgehead atoms. The third kappa shape index (κ3) is 5.19. The second-order valence-electron chi connectivity index (χ2n) is 5.47. The van der Waals surface area contributed by atoms with E-state index in [2.05, 4.69) is 5.32 Å². The molecule has 0 aromatic heterocycles. The second-order valence-corrected chi connectivity index (χ2v) is 7.84. The highest BCUT2D eigenvalue weighted by Crippen LogP contribution is 2.23. The van der Waals surface area contributed by atoms with Crippen LogP contribution < -0.4 is 10.1 Å². The molecule has 0 spiro atoms. The van der Waals surface area contributed by atoms with Crippen LogP contribution in [0.2, 0.25) is 0 Å². The lowest BCUT2D eigenvalue weighted by atomic mass is 10.2. The average Bonchev–Trinajstić information content (AvgIpc) is 2.62. The van der Waals surface area contributed by atoms with Crippen molar-refractivity contribution in [1.29, 1.82) is 0 Å². The number of amides is 1. The van der Waals surface area contributed by atoms with Crippen molar-refractivity contribution in [2.24, 2.45) is 0 Å². The van der Waals surface area contributed by atoms with Gasteiger partial charge < -0.3 is 10.1 Å². The largest absolute Gasteiger partial charge is 0.495 e. The van der Waals surface area contributed by atoms with Gasteiger partial charge in [0, 0.05) is 0 Å². The molecule has 0 fully saturated rings. The normalized spacial score (nSPS) is 12.7. The molecule has 0 unspecified atom stereocenters. The summed E-state index contributed by atoms with van der Waals surface area (Å²) in [6.07, 6.45) is 3.28.